The largest absolute Gasteiger partial charge is 0.480 e. The highest BCUT2D eigenvalue weighted by Gasteiger charge is 2.51. The average Bonchev–Trinajstić information content (AvgIpc) is 2.83. The van der Waals surface area contributed by atoms with E-state index in [0.29, 0.717) is 11.5 Å². The summed E-state index contributed by atoms with van der Waals surface area (Å²) in [4.78, 5) is 14.1. The van der Waals surface area contributed by atoms with Crippen LogP contribution in [-0.4, -0.2) is 34.1 Å². The number of carboxylic acid groups (broad SMARTS) is 1. The molecule has 3 nitrogen and oxygen atoms in total. The molecular weight excluding hydrogens is 226 g/mol. The Balaban J connectivity index is 2.18. The first kappa shape index (κ1) is 13.9. The highest BCUT2D eigenvalue weighted by Crippen LogP contribution is 2.45. The van der Waals surface area contributed by atoms with Gasteiger partial charge < -0.3 is 5.11 Å². The summed E-state index contributed by atoms with van der Waals surface area (Å²) in [6.45, 7) is 7.70. The fourth-order valence-corrected chi connectivity index (χ4v) is 4.12. The molecule has 0 aromatic heterocycles. The van der Waals surface area contributed by atoms with Crippen molar-refractivity contribution in [3.63, 3.8) is 0 Å². The van der Waals surface area contributed by atoms with Crippen LogP contribution in [0.2, 0.25) is 0 Å². The van der Waals surface area contributed by atoms with Gasteiger partial charge in [-0.2, -0.15) is 0 Å². The van der Waals surface area contributed by atoms with Crippen LogP contribution >= 0.6 is 0 Å². The van der Waals surface area contributed by atoms with E-state index in [1.165, 1.54) is 12.8 Å². The molecule has 1 N–H and O–H groups in total. The lowest BCUT2D eigenvalue weighted by Gasteiger charge is -2.39. The molecule has 0 aromatic carbocycles. The Labute approximate surface area is 111 Å². The molecule has 1 saturated heterocycles. The minimum absolute atomic E-state index is 0.393. The summed E-state index contributed by atoms with van der Waals surface area (Å²) in [6, 6.07) is 0.491. The van der Waals surface area contributed by atoms with E-state index in [1.807, 2.05) is 0 Å². The molecule has 0 spiro atoms. The molecule has 2 fully saturated rings. The smallest absolute Gasteiger partial charge is 0.324 e. The number of carboxylic acids is 1. The fourth-order valence-electron chi connectivity index (χ4n) is 4.12. The second-order valence-electron chi connectivity index (χ2n) is 6.94. The van der Waals surface area contributed by atoms with Crippen LogP contribution in [0, 0.1) is 5.41 Å². The predicted octanol–water partition coefficient (Wildman–Crippen LogP) is 3.28. The molecule has 0 radical (unpaired) electrons. The van der Waals surface area contributed by atoms with Crippen molar-refractivity contribution < 1.29 is 9.90 Å². The second kappa shape index (κ2) is 4.84. The van der Waals surface area contributed by atoms with Crippen LogP contribution in [0.25, 0.3) is 0 Å². The molecule has 0 aromatic rings. The molecule has 2 unspecified atom stereocenters. The van der Waals surface area contributed by atoms with E-state index >= 15 is 0 Å². The summed E-state index contributed by atoms with van der Waals surface area (Å²) in [5.41, 5.74) is -0.163. The molecule has 3 heteroatoms. The third-order valence-corrected chi connectivity index (χ3v) is 4.98. The van der Waals surface area contributed by atoms with E-state index in [9.17, 15) is 9.90 Å². The second-order valence-corrected chi connectivity index (χ2v) is 6.94. The standard InChI is InChI=1S/C15H27NO2/c1-4-7-15(13(17)18)8-5-10-16(15)12-6-9-14(2,3)11-12/h12H,4-11H2,1-3H3,(H,17,18). The average molecular weight is 253 g/mol. The van der Waals surface area contributed by atoms with Crippen molar-refractivity contribution in [2.75, 3.05) is 6.54 Å². The van der Waals surface area contributed by atoms with Crippen molar-refractivity contribution in [2.45, 2.75) is 77.3 Å². The van der Waals surface area contributed by atoms with Gasteiger partial charge in [-0.1, -0.05) is 27.2 Å². The first-order valence-electron chi connectivity index (χ1n) is 7.41. The van der Waals surface area contributed by atoms with E-state index in [0.717, 1.165) is 38.6 Å². The number of carbonyl (C=O) groups is 1. The summed E-state index contributed by atoms with van der Waals surface area (Å²) in [7, 11) is 0. The molecule has 104 valence electrons. The van der Waals surface area contributed by atoms with Crippen LogP contribution in [-0.2, 0) is 4.79 Å². The first-order chi connectivity index (χ1) is 8.41. The molecule has 0 amide bonds. The third-order valence-electron chi connectivity index (χ3n) is 4.98. The number of aliphatic carboxylic acids is 1. The van der Waals surface area contributed by atoms with E-state index < -0.39 is 11.5 Å². The highest BCUT2D eigenvalue weighted by molar-refractivity contribution is 5.79. The number of rotatable bonds is 4. The van der Waals surface area contributed by atoms with Gasteiger partial charge in [-0.3, -0.25) is 9.69 Å². The van der Waals surface area contributed by atoms with Crippen LogP contribution in [0.3, 0.4) is 0 Å². The van der Waals surface area contributed by atoms with Crippen molar-refractivity contribution in [1.82, 2.24) is 4.90 Å². The Morgan fingerprint density at radius 1 is 1.39 bits per heavy atom. The van der Waals surface area contributed by atoms with Gasteiger partial charge in [0.15, 0.2) is 0 Å². The number of hydrogen-bond acceptors (Lipinski definition) is 2. The molecule has 1 aliphatic carbocycles. The summed E-state index contributed by atoms with van der Waals surface area (Å²) >= 11 is 0. The number of hydrogen-bond donors (Lipinski definition) is 1. The number of likely N-dealkylation sites (tertiary alicyclic amines) is 1. The van der Waals surface area contributed by atoms with Gasteiger partial charge >= 0.3 is 5.97 Å². The van der Waals surface area contributed by atoms with E-state index in [1.54, 1.807) is 0 Å². The van der Waals surface area contributed by atoms with Crippen LogP contribution < -0.4 is 0 Å². The topological polar surface area (TPSA) is 40.5 Å². The van der Waals surface area contributed by atoms with Gasteiger partial charge in [0.2, 0.25) is 0 Å². The summed E-state index contributed by atoms with van der Waals surface area (Å²) in [5, 5.41) is 9.71. The molecule has 2 atom stereocenters. The van der Waals surface area contributed by atoms with Crippen LogP contribution in [0.5, 0.6) is 0 Å². The van der Waals surface area contributed by atoms with Gasteiger partial charge in [-0.05, 0) is 50.5 Å². The quantitative estimate of drug-likeness (QED) is 0.836. The molecule has 1 heterocycles. The zero-order valence-electron chi connectivity index (χ0n) is 12.0. The van der Waals surface area contributed by atoms with Gasteiger partial charge in [0.05, 0.1) is 0 Å². The predicted molar refractivity (Wildman–Crippen MR) is 72.6 cm³/mol. The van der Waals surface area contributed by atoms with Crippen molar-refractivity contribution in [3.05, 3.63) is 0 Å². The van der Waals surface area contributed by atoms with E-state index in [-0.39, 0.29) is 0 Å². The minimum Gasteiger partial charge on any atom is -0.480 e. The zero-order chi connectivity index (χ0) is 13.4. The van der Waals surface area contributed by atoms with Crippen molar-refractivity contribution >= 4 is 5.97 Å². The normalized spacial score (nSPS) is 36.1. The molecule has 2 aliphatic rings. The summed E-state index contributed by atoms with van der Waals surface area (Å²) < 4.78 is 0. The Morgan fingerprint density at radius 2 is 2.11 bits per heavy atom. The van der Waals surface area contributed by atoms with Gasteiger partial charge in [0.25, 0.3) is 0 Å². The van der Waals surface area contributed by atoms with Crippen molar-refractivity contribution in [3.8, 4) is 0 Å². The third kappa shape index (κ3) is 2.29. The SMILES string of the molecule is CCCC1(C(=O)O)CCCN1C1CCC(C)(C)C1. The maximum Gasteiger partial charge on any atom is 0.324 e. The monoisotopic (exact) mass is 253 g/mol. The molecule has 2 rings (SSSR count). The lowest BCUT2D eigenvalue weighted by molar-refractivity contribution is -0.152. The Kier molecular flexibility index (Phi) is 3.72. The molecule has 0 bridgehead atoms. The number of nitrogens with zero attached hydrogens (tertiary/aromatic N) is 1. The minimum atomic E-state index is -0.591. The highest BCUT2D eigenvalue weighted by atomic mass is 16.4. The van der Waals surface area contributed by atoms with Crippen LogP contribution in [0.4, 0.5) is 0 Å². The van der Waals surface area contributed by atoms with Gasteiger partial charge in [-0.25, -0.2) is 0 Å². The van der Waals surface area contributed by atoms with Crippen molar-refractivity contribution in [2.24, 2.45) is 5.41 Å². The molecule has 18 heavy (non-hydrogen) atoms. The summed E-state index contributed by atoms with van der Waals surface area (Å²) in [5.74, 6) is -0.591. The van der Waals surface area contributed by atoms with Gasteiger partial charge in [0, 0.05) is 6.04 Å². The van der Waals surface area contributed by atoms with Crippen molar-refractivity contribution in [1.29, 1.82) is 0 Å². The molecule has 1 aliphatic heterocycles. The Hall–Kier alpha value is -0.570. The van der Waals surface area contributed by atoms with Crippen LogP contribution in [0.15, 0.2) is 0 Å². The van der Waals surface area contributed by atoms with Gasteiger partial charge in [0.1, 0.15) is 5.54 Å². The lowest BCUT2D eigenvalue weighted by Crippen LogP contribution is -2.54. The Bertz CT molecular complexity index is 326. The maximum absolute atomic E-state index is 11.8. The van der Waals surface area contributed by atoms with E-state index in [2.05, 4.69) is 25.7 Å². The van der Waals surface area contributed by atoms with Crippen LogP contribution in [0.1, 0.15) is 65.7 Å². The van der Waals surface area contributed by atoms with E-state index in [4.69, 9.17) is 0 Å². The Morgan fingerprint density at radius 3 is 2.61 bits per heavy atom. The zero-order valence-corrected chi connectivity index (χ0v) is 12.0. The first-order valence-corrected chi connectivity index (χ1v) is 7.41. The maximum atomic E-state index is 11.8. The van der Waals surface area contributed by atoms with Gasteiger partial charge in [-0.15, -0.1) is 0 Å². The molecule has 1 saturated carbocycles. The fraction of sp³-hybridized carbons (Fsp3) is 0.933. The lowest BCUT2D eigenvalue weighted by atomic mass is 9.88. The molecular formula is C15H27NO2. The summed E-state index contributed by atoms with van der Waals surface area (Å²) in [6.07, 6.45) is 7.21.